The van der Waals surface area contributed by atoms with Crippen LogP contribution in [0.25, 0.3) is 0 Å². The summed E-state index contributed by atoms with van der Waals surface area (Å²) in [5, 5.41) is 0. The fourth-order valence-electron chi connectivity index (χ4n) is 2.09. The Morgan fingerprint density at radius 3 is 2.86 bits per heavy atom. The van der Waals surface area contributed by atoms with Gasteiger partial charge in [0.1, 0.15) is 5.82 Å². The standard InChI is InChI=1S/C11H19N3/c1-4-11-12-7-10-8-13(9(2)3)5-6-14(10)11/h7,9H,4-6,8H2,1-3H3. The highest BCUT2D eigenvalue weighted by Crippen LogP contribution is 2.16. The largest absolute Gasteiger partial charge is 0.330 e. The van der Waals surface area contributed by atoms with Gasteiger partial charge in [0.25, 0.3) is 0 Å². The number of rotatable bonds is 2. The van der Waals surface area contributed by atoms with Crippen LogP contribution in [0.3, 0.4) is 0 Å². The zero-order valence-electron chi connectivity index (χ0n) is 9.32. The van der Waals surface area contributed by atoms with Crippen molar-refractivity contribution < 1.29 is 0 Å². The minimum atomic E-state index is 0.642. The van der Waals surface area contributed by atoms with E-state index in [4.69, 9.17) is 0 Å². The molecule has 0 aromatic carbocycles. The molecule has 14 heavy (non-hydrogen) atoms. The SMILES string of the molecule is CCc1ncc2n1CCN(C(C)C)C2. The molecule has 0 radical (unpaired) electrons. The van der Waals surface area contributed by atoms with E-state index in [0.29, 0.717) is 6.04 Å². The van der Waals surface area contributed by atoms with Crippen LogP contribution in [0, 0.1) is 0 Å². The number of hydrogen-bond acceptors (Lipinski definition) is 2. The van der Waals surface area contributed by atoms with Crippen LogP contribution < -0.4 is 0 Å². The van der Waals surface area contributed by atoms with Crippen LogP contribution in [0.1, 0.15) is 32.3 Å². The van der Waals surface area contributed by atoms with Crippen molar-refractivity contribution in [3.8, 4) is 0 Å². The lowest BCUT2D eigenvalue weighted by Crippen LogP contribution is -2.38. The zero-order chi connectivity index (χ0) is 10.1. The molecule has 0 unspecified atom stereocenters. The van der Waals surface area contributed by atoms with Gasteiger partial charge in [0.2, 0.25) is 0 Å². The van der Waals surface area contributed by atoms with Crippen LogP contribution in [-0.4, -0.2) is 27.0 Å². The highest BCUT2D eigenvalue weighted by Gasteiger charge is 2.19. The third-order valence-corrected chi connectivity index (χ3v) is 3.04. The Balaban J connectivity index is 2.20. The predicted molar refractivity (Wildman–Crippen MR) is 57.2 cm³/mol. The number of aromatic nitrogens is 2. The second-order valence-electron chi connectivity index (χ2n) is 4.24. The Labute approximate surface area is 85.7 Å². The minimum Gasteiger partial charge on any atom is -0.330 e. The smallest absolute Gasteiger partial charge is 0.108 e. The second-order valence-corrected chi connectivity index (χ2v) is 4.24. The molecule has 1 aliphatic heterocycles. The number of fused-ring (bicyclic) bond motifs is 1. The Morgan fingerprint density at radius 1 is 1.43 bits per heavy atom. The molecule has 3 heteroatoms. The molecule has 0 aliphatic carbocycles. The average molecular weight is 193 g/mol. The first-order valence-electron chi connectivity index (χ1n) is 5.49. The molecular formula is C11H19N3. The van der Waals surface area contributed by atoms with Gasteiger partial charge >= 0.3 is 0 Å². The average Bonchev–Trinajstić information content (AvgIpc) is 2.59. The van der Waals surface area contributed by atoms with E-state index >= 15 is 0 Å². The van der Waals surface area contributed by atoms with Crippen molar-refractivity contribution in [2.75, 3.05) is 6.54 Å². The lowest BCUT2D eigenvalue weighted by molar-refractivity contribution is 0.175. The van der Waals surface area contributed by atoms with Gasteiger partial charge < -0.3 is 4.57 Å². The van der Waals surface area contributed by atoms with Gasteiger partial charge in [-0.2, -0.15) is 0 Å². The molecule has 3 nitrogen and oxygen atoms in total. The van der Waals surface area contributed by atoms with E-state index in [9.17, 15) is 0 Å². The van der Waals surface area contributed by atoms with Crippen LogP contribution in [0.4, 0.5) is 0 Å². The first-order chi connectivity index (χ1) is 6.72. The summed E-state index contributed by atoms with van der Waals surface area (Å²) in [6.45, 7) is 10.0. The summed E-state index contributed by atoms with van der Waals surface area (Å²) in [6.07, 6.45) is 3.08. The normalized spacial score (nSPS) is 17.4. The van der Waals surface area contributed by atoms with Gasteiger partial charge in [-0.15, -0.1) is 0 Å². The Morgan fingerprint density at radius 2 is 2.21 bits per heavy atom. The van der Waals surface area contributed by atoms with Gasteiger partial charge in [0, 0.05) is 38.3 Å². The van der Waals surface area contributed by atoms with Gasteiger partial charge in [-0.3, -0.25) is 4.90 Å². The van der Waals surface area contributed by atoms with Crippen molar-refractivity contribution in [2.24, 2.45) is 0 Å². The van der Waals surface area contributed by atoms with Crippen molar-refractivity contribution in [3.05, 3.63) is 17.7 Å². The monoisotopic (exact) mass is 193 g/mol. The molecule has 0 amide bonds. The summed E-state index contributed by atoms with van der Waals surface area (Å²) in [4.78, 5) is 6.94. The summed E-state index contributed by atoms with van der Waals surface area (Å²) >= 11 is 0. The summed E-state index contributed by atoms with van der Waals surface area (Å²) < 4.78 is 2.37. The molecule has 2 heterocycles. The molecule has 0 N–H and O–H groups in total. The summed E-state index contributed by atoms with van der Waals surface area (Å²) in [5.74, 6) is 1.24. The maximum atomic E-state index is 4.45. The molecular weight excluding hydrogens is 174 g/mol. The summed E-state index contributed by atoms with van der Waals surface area (Å²) in [6, 6.07) is 0.642. The number of nitrogens with zero attached hydrogens (tertiary/aromatic N) is 3. The number of imidazole rings is 1. The lowest BCUT2D eigenvalue weighted by atomic mass is 10.2. The fourth-order valence-corrected chi connectivity index (χ4v) is 2.09. The van der Waals surface area contributed by atoms with E-state index in [-0.39, 0.29) is 0 Å². The first-order valence-corrected chi connectivity index (χ1v) is 5.49. The molecule has 0 saturated heterocycles. The quantitative estimate of drug-likeness (QED) is 0.712. The second kappa shape index (κ2) is 3.73. The summed E-state index contributed by atoms with van der Waals surface area (Å²) in [5.41, 5.74) is 1.38. The molecule has 1 aromatic heterocycles. The van der Waals surface area contributed by atoms with E-state index in [1.54, 1.807) is 0 Å². The maximum Gasteiger partial charge on any atom is 0.108 e. The Bertz CT molecular complexity index is 314. The van der Waals surface area contributed by atoms with Crippen LogP contribution in [0.5, 0.6) is 0 Å². The van der Waals surface area contributed by atoms with E-state index in [1.165, 1.54) is 11.5 Å². The molecule has 1 aliphatic rings. The van der Waals surface area contributed by atoms with Gasteiger partial charge in [-0.1, -0.05) is 6.92 Å². The van der Waals surface area contributed by atoms with Crippen LogP contribution in [-0.2, 0) is 19.5 Å². The fraction of sp³-hybridized carbons (Fsp3) is 0.727. The zero-order valence-corrected chi connectivity index (χ0v) is 9.32. The molecule has 0 fully saturated rings. The van der Waals surface area contributed by atoms with Crippen molar-refractivity contribution in [2.45, 2.75) is 46.3 Å². The molecule has 1 aromatic rings. The highest BCUT2D eigenvalue weighted by atomic mass is 15.2. The van der Waals surface area contributed by atoms with Gasteiger partial charge in [-0.05, 0) is 13.8 Å². The van der Waals surface area contributed by atoms with E-state index in [0.717, 1.165) is 26.1 Å². The first kappa shape index (κ1) is 9.71. The van der Waals surface area contributed by atoms with E-state index in [2.05, 4.69) is 35.2 Å². The maximum absolute atomic E-state index is 4.45. The molecule has 0 spiro atoms. The van der Waals surface area contributed by atoms with Gasteiger partial charge in [-0.25, -0.2) is 4.98 Å². The number of aryl methyl sites for hydroxylation is 1. The summed E-state index contributed by atoms with van der Waals surface area (Å²) in [7, 11) is 0. The van der Waals surface area contributed by atoms with Crippen LogP contribution in [0.15, 0.2) is 6.20 Å². The van der Waals surface area contributed by atoms with Crippen molar-refractivity contribution >= 4 is 0 Å². The highest BCUT2D eigenvalue weighted by molar-refractivity contribution is 5.08. The van der Waals surface area contributed by atoms with Crippen LogP contribution >= 0.6 is 0 Å². The van der Waals surface area contributed by atoms with Crippen molar-refractivity contribution in [3.63, 3.8) is 0 Å². The third kappa shape index (κ3) is 1.57. The molecule has 2 rings (SSSR count). The topological polar surface area (TPSA) is 21.1 Å². The number of hydrogen-bond donors (Lipinski definition) is 0. The third-order valence-electron chi connectivity index (χ3n) is 3.04. The predicted octanol–water partition coefficient (Wildman–Crippen LogP) is 1.67. The van der Waals surface area contributed by atoms with Crippen LogP contribution in [0.2, 0.25) is 0 Å². The molecule has 0 atom stereocenters. The van der Waals surface area contributed by atoms with Gasteiger partial charge in [0.05, 0.1) is 5.69 Å². The molecule has 0 bridgehead atoms. The lowest BCUT2D eigenvalue weighted by Gasteiger charge is -2.31. The molecule has 0 saturated carbocycles. The Kier molecular flexibility index (Phi) is 2.59. The van der Waals surface area contributed by atoms with Crippen molar-refractivity contribution in [1.82, 2.24) is 14.5 Å². The van der Waals surface area contributed by atoms with Crippen molar-refractivity contribution in [1.29, 1.82) is 0 Å². The van der Waals surface area contributed by atoms with Gasteiger partial charge in [0.15, 0.2) is 0 Å². The van der Waals surface area contributed by atoms with E-state index < -0.39 is 0 Å². The molecule has 78 valence electrons. The Hall–Kier alpha value is -0.830. The minimum absolute atomic E-state index is 0.642. The van der Waals surface area contributed by atoms with E-state index in [1.807, 2.05) is 6.20 Å².